The molecule has 2 rings (SSSR count). The molecule has 0 saturated heterocycles. The van der Waals surface area contributed by atoms with E-state index in [2.05, 4.69) is 16.9 Å². The van der Waals surface area contributed by atoms with Crippen molar-refractivity contribution in [2.75, 3.05) is 7.05 Å². The zero-order valence-electron chi connectivity index (χ0n) is 11.2. The lowest BCUT2D eigenvalue weighted by atomic mass is 10.0. The monoisotopic (exact) mass is 310 g/mol. The second-order valence-corrected chi connectivity index (χ2v) is 4.24. The van der Waals surface area contributed by atoms with E-state index in [1.54, 1.807) is 19.2 Å². The van der Waals surface area contributed by atoms with Gasteiger partial charge in [-0.3, -0.25) is 4.79 Å². The van der Waals surface area contributed by atoms with Crippen LogP contribution in [-0.2, 0) is 4.79 Å². The molecule has 6 heteroatoms. The number of benzene rings is 1. The first-order valence-electron chi connectivity index (χ1n) is 5.87. The van der Waals surface area contributed by atoms with Gasteiger partial charge in [0.25, 0.3) is 0 Å². The minimum Gasteiger partial charge on any atom is -0.362 e. The van der Waals surface area contributed by atoms with Crippen LogP contribution in [0, 0.1) is 11.6 Å². The van der Waals surface area contributed by atoms with E-state index in [0.717, 1.165) is 6.07 Å². The quantitative estimate of drug-likeness (QED) is 0.697. The molecule has 0 aliphatic heterocycles. The van der Waals surface area contributed by atoms with E-state index >= 15 is 0 Å². The number of amides is 1. The number of halogens is 3. The molecule has 0 radical (unpaired) electrons. The van der Waals surface area contributed by atoms with E-state index in [4.69, 9.17) is 16.4 Å². The minimum atomic E-state index is -0.910. The Hall–Kier alpha value is -2.27. The SMILES string of the molecule is C=C(c1ccc(Cl)nc1)c1cccc(F)c1F.CNC=O. The number of pyridine rings is 1. The van der Waals surface area contributed by atoms with E-state index in [9.17, 15) is 8.78 Å². The van der Waals surface area contributed by atoms with Crippen molar-refractivity contribution in [3.63, 3.8) is 0 Å². The molecule has 1 aromatic heterocycles. The summed E-state index contributed by atoms with van der Waals surface area (Å²) in [6.45, 7) is 3.74. The molecule has 1 heterocycles. The van der Waals surface area contributed by atoms with Gasteiger partial charge >= 0.3 is 0 Å². The average molecular weight is 311 g/mol. The van der Waals surface area contributed by atoms with E-state index < -0.39 is 11.6 Å². The predicted octanol–water partition coefficient (Wildman–Crippen LogP) is 3.44. The highest BCUT2D eigenvalue weighted by molar-refractivity contribution is 6.29. The summed E-state index contributed by atoms with van der Waals surface area (Å²) in [6.07, 6.45) is 2.09. The van der Waals surface area contributed by atoms with Gasteiger partial charge in [-0.1, -0.05) is 30.3 Å². The molecule has 0 unspecified atom stereocenters. The fraction of sp³-hybridized carbons (Fsp3) is 0.0667. The lowest BCUT2D eigenvalue weighted by Crippen LogP contribution is -1.98. The first-order chi connectivity index (χ1) is 10.0. The molecule has 0 atom stereocenters. The van der Waals surface area contributed by atoms with Crippen LogP contribution in [0.15, 0.2) is 43.1 Å². The summed E-state index contributed by atoms with van der Waals surface area (Å²) in [7, 11) is 1.56. The van der Waals surface area contributed by atoms with Crippen molar-refractivity contribution in [1.82, 2.24) is 10.3 Å². The summed E-state index contributed by atoms with van der Waals surface area (Å²) in [5.41, 5.74) is 1.08. The van der Waals surface area contributed by atoms with Crippen molar-refractivity contribution in [3.8, 4) is 0 Å². The van der Waals surface area contributed by atoms with Gasteiger partial charge in [0.1, 0.15) is 5.15 Å². The Morgan fingerprint density at radius 1 is 1.33 bits per heavy atom. The zero-order chi connectivity index (χ0) is 15.8. The van der Waals surface area contributed by atoms with Crippen LogP contribution in [0.1, 0.15) is 11.1 Å². The van der Waals surface area contributed by atoms with Gasteiger partial charge in [-0.05, 0) is 23.8 Å². The highest BCUT2D eigenvalue weighted by Gasteiger charge is 2.11. The largest absolute Gasteiger partial charge is 0.362 e. The van der Waals surface area contributed by atoms with Crippen molar-refractivity contribution in [1.29, 1.82) is 0 Å². The Kier molecular flexibility index (Phi) is 6.49. The fourth-order valence-electron chi connectivity index (χ4n) is 1.45. The number of rotatable bonds is 3. The number of hydrogen-bond donors (Lipinski definition) is 1. The lowest BCUT2D eigenvalue weighted by Gasteiger charge is -2.07. The highest BCUT2D eigenvalue weighted by atomic mass is 35.5. The normalized spacial score (nSPS) is 9.33. The Bertz CT molecular complexity index is 630. The first-order valence-corrected chi connectivity index (χ1v) is 6.25. The van der Waals surface area contributed by atoms with Gasteiger partial charge in [-0.2, -0.15) is 0 Å². The van der Waals surface area contributed by atoms with Gasteiger partial charge in [0, 0.05) is 24.4 Å². The molecule has 0 fully saturated rings. The summed E-state index contributed by atoms with van der Waals surface area (Å²) >= 11 is 5.64. The number of carbonyl (C=O) groups is 1. The van der Waals surface area contributed by atoms with Crippen LogP contribution < -0.4 is 5.32 Å². The maximum absolute atomic E-state index is 13.5. The van der Waals surface area contributed by atoms with Gasteiger partial charge < -0.3 is 5.32 Å². The van der Waals surface area contributed by atoms with Gasteiger partial charge in [0.2, 0.25) is 6.41 Å². The molecule has 0 aliphatic carbocycles. The summed E-state index contributed by atoms with van der Waals surface area (Å²) in [4.78, 5) is 12.9. The smallest absolute Gasteiger partial charge is 0.206 e. The molecule has 3 nitrogen and oxygen atoms in total. The van der Waals surface area contributed by atoms with E-state index in [-0.39, 0.29) is 5.56 Å². The molecule has 21 heavy (non-hydrogen) atoms. The van der Waals surface area contributed by atoms with Crippen molar-refractivity contribution < 1.29 is 13.6 Å². The zero-order valence-corrected chi connectivity index (χ0v) is 12.0. The molecule has 1 N–H and O–H groups in total. The molecule has 2 aromatic rings. The number of aromatic nitrogens is 1. The topological polar surface area (TPSA) is 42.0 Å². The Balaban J connectivity index is 0.000000491. The number of carbonyl (C=O) groups excluding carboxylic acids is 1. The molecule has 0 aliphatic rings. The van der Waals surface area contributed by atoms with E-state index in [1.165, 1.54) is 18.3 Å². The molecular formula is C15H13ClF2N2O. The van der Waals surface area contributed by atoms with Crippen LogP contribution in [0.3, 0.4) is 0 Å². The summed E-state index contributed by atoms with van der Waals surface area (Å²) in [5.74, 6) is -1.81. The maximum Gasteiger partial charge on any atom is 0.206 e. The second kappa shape index (κ2) is 8.11. The van der Waals surface area contributed by atoms with Crippen LogP contribution in [-0.4, -0.2) is 18.4 Å². The van der Waals surface area contributed by atoms with Crippen LogP contribution in [0.4, 0.5) is 8.78 Å². The van der Waals surface area contributed by atoms with Crippen LogP contribution in [0.2, 0.25) is 5.15 Å². The molecule has 0 bridgehead atoms. The Morgan fingerprint density at radius 3 is 2.52 bits per heavy atom. The van der Waals surface area contributed by atoms with Crippen molar-refractivity contribution >= 4 is 23.6 Å². The van der Waals surface area contributed by atoms with E-state index in [1.807, 2.05) is 0 Å². The molecule has 0 saturated carbocycles. The molecule has 1 aromatic carbocycles. The third-order valence-corrected chi connectivity index (χ3v) is 2.69. The van der Waals surface area contributed by atoms with Crippen LogP contribution in [0.25, 0.3) is 5.57 Å². The van der Waals surface area contributed by atoms with Gasteiger partial charge in [-0.25, -0.2) is 13.8 Å². The molecular weight excluding hydrogens is 298 g/mol. The third kappa shape index (κ3) is 4.65. The van der Waals surface area contributed by atoms with Gasteiger partial charge in [0.15, 0.2) is 11.6 Å². The average Bonchev–Trinajstić information content (AvgIpc) is 2.50. The van der Waals surface area contributed by atoms with Crippen LogP contribution >= 0.6 is 11.6 Å². The van der Waals surface area contributed by atoms with E-state index in [0.29, 0.717) is 22.7 Å². The highest BCUT2D eigenvalue weighted by Crippen LogP contribution is 2.25. The van der Waals surface area contributed by atoms with Gasteiger partial charge in [0.05, 0.1) is 0 Å². The van der Waals surface area contributed by atoms with Crippen molar-refractivity contribution in [2.45, 2.75) is 0 Å². The summed E-state index contributed by atoms with van der Waals surface area (Å²) < 4.78 is 26.6. The minimum absolute atomic E-state index is 0.120. The summed E-state index contributed by atoms with van der Waals surface area (Å²) in [5, 5.41) is 2.58. The number of hydrogen-bond acceptors (Lipinski definition) is 2. The van der Waals surface area contributed by atoms with Crippen molar-refractivity contribution in [3.05, 3.63) is 71.0 Å². The molecule has 1 amide bonds. The first kappa shape index (κ1) is 16.8. The second-order valence-electron chi connectivity index (χ2n) is 3.86. The number of nitrogens with one attached hydrogen (secondary N) is 1. The Morgan fingerprint density at radius 2 is 2.00 bits per heavy atom. The number of nitrogens with zero attached hydrogens (tertiary/aromatic N) is 1. The molecule has 110 valence electrons. The van der Waals surface area contributed by atoms with Crippen LogP contribution in [0.5, 0.6) is 0 Å². The fourth-order valence-corrected chi connectivity index (χ4v) is 1.56. The standard InChI is InChI=1S/C13H8ClF2N.C2H5NO/c1-8(9-5-6-12(14)17-7-9)10-3-2-4-11(15)13(10)16;1-3-2-4/h2-7H,1H2;2H,1H3,(H,3,4). The predicted molar refractivity (Wildman–Crippen MR) is 78.9 cm³/mol. The van der Waals surface area contributed by atoms with Gasteiger partial charge in [-0.15, -0.1) is 0 Å². The third-order valence-electron chi connectivity index (χ3n) is 2.47. The summed E-state index contributed by atoms with van der Waals surface area (Å²) in [6, 6.07) is 7.19. The Labute approximate surface area is 126 Å². The lowest BCUT2D eigenvalue weighted by molar-refractivity contribution is -0.109. The maximum atomic E-state index is 13.5. The van der Waals surface area contributed by atoms with Crippen molar-refractivity contribution in [2.24, 2.45) is 0 Å². The molecule has 0 spiro atoms.